The maximum atomic E-state index is 13.3. The molecule has 0 saturated carbocycles. The molecule has 10 heteroatoms. The van der Waals surface area contributed by atoms with Gasteiger partial charge in [-0.1, -0.05) is 60.5 Å². The molecule has 0 fully saturated rings. The minimum absolute atomic E-state index is 0.152. The first-order valence-corrected chi connectivity index (χ1v) is 12.7. The first-order valence-electron chi connectivity index (χ1n) is 10.1. The van der Waals surface area contributed by atoms with Crippen LogP contribution in [0.5, 0.6) is 0 Å². The standard InChI is InChI=1S/C22H27Cl2N3O4S/c1-4-12-25-22(29)16(2)26(14-17-8-6-5-7-9-17)21(28)15-27(32(3,30)31)18-10-11-19(23)20(24)13-18/h5-11,13,16H,4,12,14-15H2,1-3H3,(H,25,29). The van der Waals surface area contributed by atoms with Crippen molar-refractivity contribution in [1.82, 2.24) is 10.2 Å². The highest BCUT2D eigenvalue weighted by Crippen LogP contribution is 2.28. The van der Waals surface area contributed by atoms with E-state index in [0.29, 0.717) is 6.54 Å². The van der Waals surface area contributed by atoms with Gasteiger partial charge in [-0.05, 0) is 37.1 Å². The Morgan fingerprint density at radius 2 is 1.72 bits per heavy atom. The van der Waals surface area contributed by atoms with Crippen LogP contribution in [0.3, 0.4) is 0 Å². The molecule has 0 aliphatic carbocycles. The SMILES string of the molecule is CCCNC(=O)C(C)N(Cc1ccccc1)C(=O)CN(c1ccc(Cl)c(Cl)c1)S(C)(=O)=O. The van der Waals surface area contributed by atoms with Gasteiger partial charge in [0.05, 0.1) is 22.0 Å². The first-order chi connectivity index (χ1) is 15.0. The third-order valence-corrected chi connectivity index (χ3v) is 6.66. The Labute approximate surface area is 199 Å². The van der Waals surface area contributed by atoms with Crippen LogP contribution in [0.15, 0.2) is 48.5 Å². The van der Waals surface area contributed by atoms with Gasteiger partial charge in [-0.25, -0.2) is 8.42 Å². The van der Waals surface area contributed by atoms with E-state index >= 15 is 0 Å². The zero-order valence-electron chi connectivity index (χ0n) is 18.2. The second kappa shape index (κ2) is 11.5. The number of carbonyl (C=O) groups excluding carboxylic acids is 2. The number of nitrogens with zero attached hydrogens (tertiary/aromatic N) is 2. The molecular weight excluding hydrogens is 473 g/mol. The zero-order chi connectivity index (χ0) is 23.9. The first kappa shape index (κ1) is 26.0. The van der Waals surface area contributed by atoms with Crippen molar-refractivity contribution in [3.05, 3.63) is 64.1 Å². The average molecular weight is 500 g/mol. The maximum absolute atomic E-state index is 13.3. The molecule has 2 rings (SSSR count). The Balaban J connectivity index is 2.36. The third-order valence-electron chi connectivity index (χ3n) is 4.78. The zero-order valence-corrected chi connectivity index (χ0v) is 20.5. The van der Waals surface area contributed by atoms with Gasteiger partial charge in [0.25, 0.3) is 0 Å². The number of anilines is 1. The Kier molecular flexibility index (Phi) is 9.36. The van der Waals surface area contributed by atoms with Gasteiger partial charge in [0.15, 0.2) is 0 Å². The summed E-state index contributed by atoms with van der Waals surface area (Å²) in [6.45, 7) is 3.69. The number of benzene rings is 2. The van der Waals surface area contributed by atoms with Crippen molar-refractivity contribution in [3.8, 4) is 0 Å². The summed E-state index contributed by atoms with van der Waals surface area (Å²) in [6.07, 6.45) is 1.76. The summed E-state index contributed by atoms with van der Waals surface area (Å²) in [4.78, 5) is 27.3. The summed E-state index contributed by atoms with van der Waals surface area (Å²) in [5.74, 6) is -0.832. The third kappa shape index (κ3) is 7.12. The van der Waals surface area contributed by atoms with E-state index in [2.05, 4.69) is 5.32 Å². The molecule has 0 aliphatic heterocycles. The Hall–Kier alpha value is -2.29. The van der Waals surface area contributed by atoms with Crippen LogP contribution in [0.25, 0.3) is 0 Å². The number of hydrogen-bond acceptors (Lipinski definition) is 4. The van der Waals surface area contributed by atoms with Gasteiger partial charge in [-0.3, -0.25) is 13.9 Å². The molecule has 1 atom stereocenters. The number of carbonyl (C=O) groups is 2. The van der Waals surface area contributed by atoms with Gasteiger partial charge < -0.3 is 10.2 Å². The highest BCUT2D eigenvalue weighted by molar-refractivity contribution is 7.92. The number of amides is 2. The predicted octanol–water partition coefficient (Wildman–Crippen LogP) is 3.70. The summed E-state index contributed by atoms with van der Waals surface area (Å²) in [7, 11) is -3.83. The van der Waals surface area contributed by atoms with Crippen molar-refractivity contribution in [2.24, 2.45) is 0 Å². The second-order valence-electron chi connectivity index (χ2n) is 7.34. The molecule has 2 aromatic rings. The molecule has 0 heterocycles. The van der Waals surface area contributed by atoms with Crippen LogP contribution in [0.2, 0.25) is 10.0 Å². The van der Waals surface area contributed by atoms with Gasteiger partial charge in [-0.2, -0.15) is 0 Å². The van der Waals surface area contributed by atoms with Crippen LogP contribution in [0.4, 0.5) is 5.69 Å². The van der Waals surface area contributed by atoms with E-state index in [1.54, 1.807) is 6.92 Å². The number of rotatable bonds is 10. The molecule has 0 spiro atoms. The van der Waals surface area contributed by atoms with E-state index in [4.69, 9.17) is 23.2 Å². The fraction of sp³-hybridized carbons (Fsp3) is 0.364. The lowest BCUT2D eigenvalue weighted by atomic mass is 10.1. The van der Waals surface area contributed by atoms with Crippen molar-refractivity contribution >= 4 is 50.7 Å². The Bertz CT molecular complexity index is 1050. The Morgan fingerprint density at radius 3 is 2.28 bits per heavy atom. The molecule has 0 saturated heterocycles. The van der Waals surface area contributed by atoms with Crippen LogP contribution in [0.1, 0.15) is 25.8 Å². The van der Waals surface area contributed by atoms with Gasteiger partial charge in [0.2, 0.25) is 21.8 Å². The van der Waals surface area contributed by atoms with Crippen molar-refractivity contribution in [1.29, 1.82) is 0 Å². The predicted molar refractivity (Wildman–Crippen MR) is 128 cm³/mol. The molecule has 0 radical (unpaired) electrons. The minimum Gasteiger partial charge on any atom is -0.354 e. The lowest BCUT2D eigenvalue weighted by Gasteiger charge is -2.31. The highest BCUT2D eigenvalue weighted by atomic mass is 35.5. The van der Waals surface area contributed by atoms with Crippen LogP contribution < -0.4 is 9.62 Å². The van der Waals surface area contributed by atoms with Crippen LogP contribution in [-0.2, 0) is 26.2 Å². The summed E-state index contributed by atoms with van der Waals surface area (Å²) in [5.41, 5.74) is 1.02. The minimum atomic E-state index is -3.83. The molecule has 0 bridgehead atoms. The molecule has 7 nitrogen and oxygen atoms in total. The molecule has 174 valence electrons. The number of nitrogens with one attached hydrogen (secondary N) is 1. The normalized spacial score (nSPS) is 12.2. The fourth-order valence-electron chi connectivity index (χ4n) is 3.01. The van der Waals surface area contributed by atoms with Gasteiger partial charge in [0, 0.05) is 13.1 Å². The van der Waals surface area contributed by atoms with Crippen LogP contribution in [0, 0.1) is 0 Å². The maximum Gasteiger partial charge on any atom is 0.244 e. The van der Waals surface area contributed by atoms with Gasteiger partial charge in [-0.15, -0.1) is 0 Å². The van der Waals surface area contributed by atoms with Crippen molar-refractivity contribution in [3.63, 3.8) is 0 Å². The van der Waals surface area contributed by atoms with E-state index in [-0.39, 0.29) is 28.2 Å². The van der Waals surface area contributed by atoms with Crippen molar-refractivity contribution in [2.45, 2.75) is 32.9 Å². The van der Waals surface area contributed by atoms with E-state index in [0.717, 1.165) is 22.5 Å². The largest absolute Gasteiger partial charge is 0.354 e. The van der Waals surface area contributed by atoms with Gasteiger partial charge in [0.1, 0.15) is 12.6 Å². The van der Waals surface area contributed by atoms with E-state index in [1.807, 2.05) is 37.3 Å². The molecule has 32 heavy (non-hydrogen) atoms. The summed E-state index contributed by atoms with van der Waals surface area (Å²) >= 11 is 12.0. The van der Waals surface area contributed by atoms with Crippen molar-refractivity contribution < 1.29 is 18.0 Å². The summed E-state index contributed by atoms with van der Waals surface area (Å²) < 4.78 is 25.9. The quantitative estimate of drug-likeness (QED) is 0.539. The number of halogens is 2. The molecule has 0 aliphatic rings. The highest BCUT2D eigenvalue weighted by Gasteiger charge is 2.30. The average Bonchev–Trinajstić information content (AvgIpc) is 2.75. The second-order valence-corrected chi connectivity index (χ2v) is 10.1. The van der Waals surface area contributed by atoms with Crippen LogP contribution in [-0.4, -0.2) is 50.5 Å². The smallest absolute Gasteiger partial charge is 0.244 e. The molecule has 2 aromatic carbocycles. The molecule has 1 unspecified atom stereocenters. The van der Waals surface area contributed by atoms with E-state index in [1.165, 1.54) is 23.1 Å². The molecular formula is C22H27Cl2N3O4S. The monoisotopic (exact) mass is 499 g/mol. The lowest BCUT2D eigenvalue weighted by Crippen LogP contribution is -2.51. The van der Waals surface area contributed by atoms with E-state index < -0.39 is 28.5 Å². The lowest BCUT2D eigenvalue weighted by molar-refractivity contribution is -0.139. The number of hydrogen-bond donors (Lipinski definition) is 1. The summed E-state index contributed by atoms with van der Waals surface area (Å²) in [5, 5.41) is 3.22. The topological polar surface area (TPSA) is 86.8 Å². The van der Waals surface area contributed by atoms with Crippen LogP contribution >= 0.6 is 23.2 Å². The molecule has 0 aromatic heterocycles. The fourth-order valence-corrected chi connectivity index (χ4v) is 4.15. The number of sulfonamides is 1. The Morgan fingerprint density at radius 1 is 1.06 bits per heavy atom. The van der Waals surface area contributed by atoms with Crippen molar-refractivity contribution in [2.75, 3.05) is 23.7 Å². The summed E-state index contributed by atoms with van der Waals surface area (Å²) in [6, 6.07) is 12.7. The molecule has 1 N–H and O–H groups in total. The molecule has 2 amide bonds. The van der Waals surface area contributed by atoms with E-state index in [9.17, 15) is 18.0 Å². The van der Waals surface area contributed by atoms with Gasteiger partial charge >= 0.3 is 0 Å².